The summed E-state index contributed by atoms with van der Waals surface area (Å²) < 4.78 is 64.6. The molecule has 0 saturated carbocycles. The second kappa shape index (κ2) is 5.69. The minimum atomic E-state index is -4.77. The highest BCUT2D eigenvalue weighted by molar-refractivity contribution is 7.86. The van der Waals surface area contributed by atoms with E-state index in [1.54, 1.807) is 30.3 Å². The van der Waals surface area contributed by atoms with E-state index in [1.807, 2.05) is 0 Å². The average Bonchev–Trinajstić information content (AvgIpc) is 2.36. The van der Waals surface area contributed by atoms with Gasteiger partial charge in [-0.15, -0.1) is 0 Å². The minimum absolute atomic E-state index is 0.143. The van der Waals surface area contributed by atoms with Crippen LogP contribution in [-0.4, -0.2) is 25.9 Å². The maximum atomic E-state index is 11.5. The fourth-order valence-corrected chi connectivity index (χ4v) is 3.79. The number of nitrogen functional groups attached to an aromatic ring is 1. The molecule has 9 heteroatoms. The Hall–Kier alpha value is -1.94. The Bertz CT molecular complexity index is 905. The summed E-state index contributed by atoms with van der Waals surface area (Å²) in [7, 11) is -9.45. The predicted molar refractivity (Wildman–Crippen MR) is 79.7 cm³/mol. The molecule has 0 saturated heterocycles. The monoisotopic (exact) mass is 343 g/mol. The van der Waals surface area contributed by atoms with Crippen molar-refractivity contribution in [3.63, 3.8) is 0 Å². The predicted octanol–water partition coefficient (Wildman–Crippen LogP) is 1.35. The zero-order valence-corrected chi connectivity index (χ0v) is 12.8. The van der Waals surface area contributed by atoms with Crippen molar-refractivity contribution in [2.75, 3.05) is 5.73 Å². The Kier molecular flexibility index (Phi) is 4.25. The number of hydrogen-bond donors (Lipinski definition) is 3. The molecule has 0 radical (unpaired) electrons. The zero-order valence-electron chi connectivity index (χ0n) is 11.2. The van der Waals surface area contributed by atoms with Crippen LogP contribution in [0.2, 0.25) is 0 Å². The fraction of sp³-hybridized carbons (Fsp3) is 0.0769. The fourth-order valence-electron chi connectivity index (χ4n) is 2.14. The van der Waals surface area contributed by atoms with E-state index in [1.165, 1.54) is 0 Å². The lowest BCUT2D eigenvalue weighted by Gasteiger charge is -2.13. The third-order valence-corrected chi connectivity index (χ3v) is 4.94. The van der Waals surface area contributed by atoms with Gasteiger partial charge in [0.2, 0.25) is 0 Å². The van der Waals surface area contributed by atoms with E-state index in [0.717, 1.165) is 12.1 Å². The number of benzene rings is 2. The summed E-state index contributed by atoms with van der Waals surface area (Å²) >= 11 is 0. The summed E-state index contributed by atoms with van der Waals surface area (Å²) in [6.07, 6.45) is -0.143. The van der Waals surface area contributed by atoms with E-state index < -0.39 is 30.0 Å². The van der Waals surface area contributed by atoms with Crippen molar-refractivity contribution in [3.05, 3.63) is 53.6 Å². The lowest BCUT2D eigenvalue weighted by Crippen LogP contribution is -2.13. The van der Waals surface area contributed by atoms with E-state index in [4.69, 9.17) is 5.73 Å². The smallest absolute Gasteiger partial charge is 0.296 e. The van der Waals surface area contributed by atoms with E-state index in [9.17, 15) is 25.9 Å². The highest BCUT2D eigenvalue weighted by Gasteiger charge is 2.26. The summed E-state index contributed by atoms with van der Waals surface area (Å²) in [5, 5.41) is 0. The van der Waals surface area contributed by atoms with Crippen molar-refractivity contribution in [1.29, 1.82) is 0 Å². The molecule has 0 atom stereocenters. The van der Waals surface area contributed by atoms with Crippen molar-refractivity contribution < 1.29 is 25.9 Å². The summed E-state index contributed by atoms with van der Waals surface area (Å²) in [5.41, 5.74) is 5.56. The quantitative estimate of drug-likeness (QED) is 0.563. The van der Waals surface area contributed by atoms with Crippen LogP contribution in [-0.2, 0) is 26.7 Å². The topological polar surface area (TPSA) is 135 Å². The van der Waals surface area contributed by atoms with Crippen LogP contribution in [0, 0.1) is 0 Å². The normalized spacial score (nSPS) is 12.3. The molecular formula is C13H13NO6S2. The first-order chi connectivity index (χ1) is 10.1. The average molecular weight is 343 g/mol. The molecule has 2 rings (SSSR count). The molecule has 118 valence electrons. The molecular weight excluding hydrogens is 330 g/mol. The highest BCUT2D eigenvalue weighted by Crippen LogP contribution is 2.31. The van der Waals surface area contributed by atoms with Crippen molar-refractivity contribution in [1.82, 2.24) is 0 Å². The van der Waals surface area contributed by atoms with E-state index in [-0.39, 0.29) is 17.7 Å². The molecule has 0 aliphatic heterocycles. The molecule has 0 aromatic heterocycles. The zero-order chi connectivity index (χ0) is 16.5. The second-order valence-corrected chi connectivity index (χ2v) is 7.32. The molecule has 2 aromatic carbocycles. The first-order valence-electron chi connectivity index (χ1n) is 6.01. The lowest BCUT2D eigenvalue weighted by atomic mass is 10.0. The first-order valence-corrected chi connectivity index (χ1v) is 8.89. The molecule has 0 aliphatic rings. The summed E-state index contributed by atoms with van der Waals surface area (Å²) in [6, 6.07) is 10.4. The van der Waals surface area contributed by atoms with Gasteiger partial charge in [-0.3, -0.25) is 9.11 Å². The third-order valence-electron chi connectivity index (χ3n) is 3.01. The SMILES string of the molecule is Nc1ccc(S(=O)(=O)O)c(Cc2ccccc2)c1S(=O)(=O)O. The van der Waals surface area contributed by atoms with Crippen molar-refractivity contribution in [3.8, 4) is 0 Å². The molecule has 0 spiro atoms. The van der Waals surface area contributed by atoms with Crippen molar-refractivity contribution in [2.45, 2.75) is 16.2 Å². The maximum Gasteiger partial charge on any atom is 0.296 e. The Morgan fingerprint density at radius 3 is 1.95 bits per heavy atom. The van der Waals surface area contributed by atoms with Gasteiger partial charge in [0, 0.05) is 12.0 Å². The van der Waals surface area contributed by atoms with Crippen molar-refractivity contribution in [2.24, 2.45) is 0 Å². The largest absolute Gasteiger partial charge is 0.398 e. The number of hydrogen-bond acceptors (Lipinski definition) is 5. The van der Waals surface area contributed by atoms with Gasteiger partial charge < -0.3 is 5.73 Å². The van der Waals surface area contributed by atoms with E-state index >= 15 is 0 Å². The first kappa shape index (κ1) is 16.4. The Labute approximate surface area is 127 Å². The van der Waals surface area contributed by atoms with Gasteiger partial charge in [0.25, 0.3) is 20.2 Å². The van der Waals surface area contributed by atoms with Gasteiger partial charge in [0.15, 0.2) is 0 Å². The van der Waals surface area contributed by atoms with Gasteiger partial charge in [0.1, 0.15) is 4.90 Å². The van der Waals surface area contributed by atoms with E-state index in [2.05, 4.69) is 0 Å². The van der Waals surface area contributed by atoms with Gasteiger partial charge in [0.05, 0.1) is 10.6 Å². The molecule has 2 aromatic rings. The van der Waals surface area contributed by atoms with Crippen LogP contribution in [0.25, 0.3) is 0 Å². The Morgan fingerprint density at radius 1 is 0.864 bits per heavy atom. The van der Waals surface area contributed by atoms with Gasteiger partial charge in [-0.25, -0.2) is 0 Å². The van der Waals surface area contributed by atoms with Crippen LogP contribution >= 0.6 is 0 Å². The van der Waals surface area contributed by atoms with Gasteiger partial charge in [-0.1, -0.05) is 30.3 Å². The molecule has 0 amide bonds. The summed E-state index contributed by atoms with van der Waals surface area (Å²) in [5.74, 6) is 0. The molecule has 0 aliphatic carbocycles. The molecule has 22 heavy (non-hydrogen) atoms. The minimum Gasteiger partial charge on any atom is -0.398 e. The van der Waals surface area contributed by atoms with Crippen molar-refractivity contribution >= 4 is 25.9 Å². The molecule has 7 nitrogen and oxygen atoms in total. The summed E-state index contributed by atoms with van der Waals surface area (Å²) in [6.45, 7) is 0. The van der Waals surface area contributed by atoms with Crippen LogP contribution in [0.15, 0.2) is 52.3 Å². The molecule has 0 bridgehead atoms. The number of nitrogens with two attached hydrogens (primary N) is 1. The highest BCUT2D eigenvalue weighted by atomic mass is 32.2. The Morgan fingerprint density at radius 2 is 1.45 bits per heavy atom. The molecule has 0 heterocycles. The standard InChI is InChI=1S/C13H13NO6S2/c14-11-6-7-12(21(15,16)17)10(13(11)22(18,19)20)8-9-4-2-1-3-5-9/h1-7H,8,14H2,(H,15,16,17)(H,18,19,20). The molecule has 0 unspecified atom stereocenters. The van der Waals surface area contributed by atoms with Crippen LogP contribution < -0.4 is 5.73 Å². The molecule has 4 N–H and O–H groups in total. The molecule has 0 fully saturated rings. The van der Waals surface area contributed by atoms with Gasteiger partial charge in [-0.05, 0) is 17.7 Å². The summed E-state index contributed by atoms with van der Waals surface area (Å²) in [4.78, 5) is -1.33. The Balaban J connectivity index is 2.80. The van der Waals surface area contributed by atoms with Crippen LogP contribution in [0.3, 0.4) is 0 Å². The number of rotatable bonds is 4. The van der Waals surface area contributed by atoms with Gasteiger partial charge in [-0.2, -0.15) is 16.8 Å². The third kappa shape index (κ3) is 3.45. The maximum absolute atomic E-state index is 11.5. The van der Waals surface area contributed by atoms with Gasteiger partial charge >= 0.3 is 0 Å². The number of anilines is 1. The van der Waals surface area contributed by atoms with E-state index in [0.29, 0.717) is 5.56 Å². The lowest BCUT2D eigenvalue weighted by molar-refractivity contribution is 0.479. The van der Waals surface area contributed by atoms with Crippen LogP contribution in [0.5, 0.6) is 0 Å². The van der Waals surface area contributed by atoms with Crippen LogP contribution in [0.4, 0.5) is 5.69 Å². The van der Waals surface area contributed by atoms with Crippen LogP contribution in [0.1, 0.15) is 11.1 Å². The second-order valence-electron chi connectivity index (χ2n) is 4.57.